The van der Waals surface area contributed by atoms with Crippen molar-refractivity contribution in [2.75, 3.05) is 5.73 Å². The summed E-state index contributed by atoms with van der Waals surface area (Å²) in [7, 11) is -1.05. The molecule has 18 heavy (non-hydrogen) atoms. The summed E-state index contributed by atoms with van der Waals surface area (Å²) in [6, 6.07) is 15.5. The summed E-state index contributed by atoms with van der Waals surface area (Å²) in [4.78, 5) is 0.862. The van der Waals surface area contributed by atoms with Crippen LogP contribution in [0.15, 0.2) is 53.4 Å². The van der Waals surface area contributed by atoms with Gasteiger partial charge in [-0.25, -0.2) is 0 Å². The Morgan fingerprint density at radius 1 is 1.11 bits per heavy atom. The van der Waals surface area contributed by atoms with Crippen molar-refractivity contribution in [1.29, 1.82) is 0 Å². The third-order valence-corrected chi connectivity index (χ3v) is 4.81. The largest absolute Gasteiger partial charge is 0.399 e. The van der Waals surface area contributed by atoms with Crippen molar-refractivity contribution in [2.24, 2.45) is 0 Å². The van der Waals surface area contributed by atoms with Gasteiger partial charge in [0.2, 0.25) is 0 Å². The van der Waals surface area contributed by atoms with Crippen LogP contribution >= 0.6 is 0 Å². The van der Waals surface area contributed by atoms with Crippen molar-refractivity contribution >= 4 is 16.5 Å². The number of rotatable bonds is 3. The third kappa shape index (κ3) is 2.62. The average Bonchev–Trinajstić information content (AvgIpc) is 2.38. The highest BCUT2D eigenvalue weighted by Gasteiger charge is 2.16. The van der Waals surface area contributed by atoms with E-state index in [1.165, 1.54) is 0 Å². The van der Waals surface area contributed by atoms with E-state index in [1.54, 1.807) is 6.07 Å². The Kier molecular flexibility index (Phi) is 3.82. The normalized spacial score (nSPS) is 14.1. The number of aryl methyl sites for hydroxylation is 1. The highest BCUT2D eigenvalue weighted by atomic mass is 32.2. The van der Waals surface area contributed by atoms with Crippen LogP contribution in [0.5, 0.6) is 0 Å². The molecule has 2 unspecified atom stereocenters. The SMILES string of the molecule is Cc1cc(N)ccc1S(=O)C(C)c1ccccc1. The fourth-order valence-corrected chi connectivity index (χ4v) is 3.30. The first-order valence-electron chi connectivity index (χ1n) is 5.91. The first kappa shape index (κ1) is 12.8. The van der Waals surface area contributed by atoms with Gasteiger partial charge < -0.3 is 5.73 Å². The molecule has 0 aliphatic rings. The molecule has 2 nitrogen and oxygen atoms in total. The molecule has 0 heterocycles. The molecule has 2 rings (SSSR count). The zero-order valence-corrected chi connectivity index (χ0v) is 11.4. The summed E-state index contributed by atoms with van der Waals surface area (Å²) < 4.78 is 12.5. The lowest BCUT2D eigenvalue weighted by molar-refractivity contribution is 0.675. The first-order valence-corrected chi connectivity index (χ1v) is 7.12. The Hall–Kier alpha value is -1.61. The minimum atomic E-state index is -1.05. The van der Waals surface area contributed by atoms with E-state index in [1.807, 2.05) is 56.3 Å². The summed E-state index contributed by atoms with van der Waals surface area (Å²) >= 11 is 0. The number of hydrogen-bond donors (Lipinski definition) is 1. The zero-order chi connectivity index (χ0) is 13.1. The second-order valence-electron chi connectivity index (χ2n) is 4.38. The lowest BCUT2D eigenvalue weighted by Crippen LogP contribution is -2.05. The highest BCUT2D eigenvalue weighted by Crippen LogP contribution is 2.27. The van der Waals surface area contributed by atoms with Crippen LogP contribution in [0.4, 0.5) is 5.69 Å². The monoisotopic (exact) mass is 259 g/mol. The fraction of sp³-hybridized carbons (Fsp3) is 0.200. The second-order valence-corrected chi connectivity index (χ2v) is 6.12. The van der Waals surface area contributed by atoms with E-state index in [4.69, 9.17) is 5.73 Å². The van der Waals surface area contributed by atoms with Gasteiger partial charge in [-0.15, -0.1) is 0 Å². The molecule has 2 aromatic rings. The molecule has 0 aliphatic heterocycles. The summed E-state index contributed by atoms with van der Waals surface area (Å²) in [5.41, 5.74) is 8.50. The van der Waals surface area contributed by atoms with Crippen LogP contribution in [0.2, 0.25) is 0 Å². The molecule has 2 atom stereocenters. The Morgan fingerprint density at radius 3 is 2.39 bits per heavy atom. The quantitative estimate of drug-likeness (QED) is 0.858. The molecule has 0 saturated heterocycles. The van der Waals surface area contributed by atoms with Crippen molar-refractivity contribution in [2.45, 2.75) is 24.0 Å². The summed E-state index contributed by atoms with van der Waals surface area (Å²) in [5.74, 6) is 0. The Balaban J connectivity index is 2.32. The molecule has 0 saturated carbocycles. The standard InChI is InChI=1S/C15H17NOS/c1-11-10-14(16)8-9-15(11)18(17)12(2)13-6-4-3-5-7-13/h3-10,12H,16H2,1-2H3. The second kappa shape index (κ2) is 5.36. The van der Waals surface area contributed by atoms with Crippen molar-refractivity contribution < 1.29 is 4.21 Å². The predicted octanol–water partition coefficient (Wildman–Crippen LogP) is 3.45. The van der Waals surface area contributed by atoms with Gasteiger partial charge in [-0.05, 0) is 43.2 Å². The first-order chi connectivity index (χ1) is 8.59. The number of nitrogen functional groups attached to an aromatic ring is 1. The Bertz CT molecular complexity index is 566. The van der Waals surface area contributed by atoms with Gasteiger partial charge in [0.15, 0.2) is 0 Å². The van der Waals surface area contributed by atoms with E-state index in [2.05, 4.69) is 0 Å². The molecule has 2 aromatic carbocycles. The lowest BCUT2D eigenvalue weighted by Gasteiger charge is -2.14. The number of nitrogens with two attached hydrogens (primary N) is 1. The molecule has 0 fully saturated rings. The van der Waals surface area contributed by atoms with Crippen LogP contribution in [0.3, 0.4) is 0 Å². The van der Waals surface area contributed by atoms with Gasteiger partial charge in [0.05, 0.1) is 16.0 Å². The van der Waals surface area contributed by atoms with E-state index in [-0.39, 0.29) is 5.25 Å². The van der Waals surface area contributed by atoms with Gasteiger partial charge in [-0.3, -0.25) is 4.21 Å². The maximum absolute atomic E-state index is 12.5. The molecule has 0 aromatic heterocycles. The number of anilines is 1. The van der Waals surface area contributed by atoms with Gasteiger partial charge in [-0.2, -0.15) is 0 Å². The maximum Gasteiger partial charge on any atom is 0.0615 e. The third-order valence-electron chi connectivity index (χ3n) is 3.01. The molecular weight excluding hydrogens is 242 g/mol. The van der Waals surface area contributed by atoms with E-state index in [0.29, 0.717) is 5.69 Å². The minimum Gasteiger partial charge on any atom is -0.399 e. The van der Waals surface area contributed by atoms with Crippen LogP contribution in [-0.4, -0.2) is 4.21 Å². The molecule has 3 heteroatoms. The van der Waals surface area contributed by atoms with Crippen molar-refractivity contribution in [3.05, 3.63) is 59.7 Å². The van der Waals surface area contributed by atoms with Gasteiger partial charge >= 0.3 is 0 Å². The van der Waals surface area contributed by atoms with E-state index in [0.717, 1.165) is 16.0 Å². The molecular formula is C15H17NOS. The van der Waals surface area contributed by atoms with Crippen LogP contribution < -0.4 is 5.73 Å². The van der Waals surface area contributed by atoms with Crippen molar-refractivity contribution in [1.82, 2.24) is 0 Å². The summed E-state index contributed by atoms with van der Waals surface area (Å²) in [6.07, 6.45) is 0. The van der Waals surface area contributed by atoms with Crippen LogP contribution in [-0.2, 0) is 10.8 Å². The van der Waals surface area contributed by atoms with Crippen molar-refractivity contribution in [3.63, 3.8) is 0 Å². The fourth-order valence-electron chi connectivity index (χ4n) is 1.94. The van der Waals surface area contributed by atoms with E-state index >= 15 is 0 Å². The van der Waals surface area contributed by atoms with Crippen molar-refractivity contribution in [3.8, 4) is 0 Å². The van der Waals surface area contributed by atoms with Gasteiger partial charge in [0.25, 0.3) is 0 Å². The smallest absolute Gasteiger partial charge is 0.0615 e. The molecule has 0 amide bonds. The zero-order valence-electron chi connectivity index (χ0n) is 10.6. The predicted molar refractivity (Wildman–Crippen MR) is 76.9 cm³/mol. The topological polar surface area (TPSA) is 43.1 Å². The van der Waals surface area contributed by atoms with E-state index in [9.17, 15) is 4.21 Å². The molecule has 94 valence electrons. The Labute approximate surface area is 110 Å². The van der Waals surface area contributed by atoms with E-state index < -0.39 is 10.8 Å². The highest BCUT2D eigenvalue weighted by molar-refractivity contribution is 7.85. The number of benzene rings is 2. The average molecular weight is 259 g/mol. The summed E-state index contributed by atoms with van der Waals surface area (Å²) in [6.45, 7) is 3.93. The van der Waals surface area contributed by atoms with Crippen LogP contribution in [0.1, 0.15) is 23.3 Å². The molecule has 0 bridgehead atoms. The van der Waals surface area contributed by atoms with Crippen LogP contribution in [0, 0.1) is 6.92 Å². The molecule has 0 aliphatic carbocycles. The minimum absolute atomic E-state index is 0.0199. The van der Waals surface area contributed by atoms with Gasteiger partial charge in [-0.1, -0.05) is 30.3 Å². The number of hydrogen-bond acceptors (Lipinski definition) is 2. The lowest BCUT2D eigenvalue weighted by atomic mass is 10.2. The van der Waals surface area contributed by atoms with Crippen LogP contribution in [0.25, 0.3) is 0 Å². The maximum atomic E-state index is 12.5. The molecule has 0 spiro atoms. The Morgan fingerprint density at radius 2 is 1.78 bits per heavy atom. The van der Waals surface area contributed by atoms with Gasteiger partial charge in [0, 0.05) is 10.6 Å². The molecule has 0 radical (unpaired) electrons. The summed E-state index contributed by atoms with van der Waals surface area (Å²) in [5, 5.41) is -0.0199. The van der Waals surface area contributed by atoms with Gasteiger partial charge in [0.1, 0.15) is 0 Å². The molecule has 2 N–H and O–H groups in total.